The molecule has 0 aromatic carbocycles. The largest absolute Gasteiger partial charge is 0.354 e. The SMILES string of the molecule is CC(C)(Br)C(=O)NCCc1nccs1. The number of nitrogens with zero attached hydrogens (tertiary/aromatic N) is 1. The van der Waals surface area contributed by atoms with E-state index in [9.17, 15) is 4.79 Å². The quantitative estimate of drug-likeness (QED) is 0.855. The van der Waals surface area contributed by atoms with Crippen LogP contribution in [-0.4, -0.2) is 21.8 Å². The Kier molecular flexibility index (Phi) is 4.07. The molecule has 78 valence electrons. The number of aromatic nitrogens is 1. The van der Waals surface area contributed by atoms with Crippen LogP contribution in [0.2, 0.25) is 0 Å². The second-order valence-electron chi connectivity index (χ2n) is 3.40. The summed E-state index contributed by atoms with van der Waals surface area (Å²) in [5.41, 5.74) is 0. The van der Waals surface area contributed by atoms with Gasteiger partial charge in [0.2, 0.25) is 5.91 Å². The lowest BCUT2D eigenvalue weighted by atomic mass is 10.2. The van der Waals surface area contributed by atoms with Crippen LogP contribution in [0, 0.1) is 0 Å². The van der Waals surface area contributed by atoms with Gasteiger partial charge >= 0.3 is 0 Å². The molecule has 0 saturated heterocycles. The molecule has 0 unspecified atom stereocenters. The number of hydrogen-bond donors (Lipinski definition) is 1. The first-order valence-corrected chi connectivity index (χ1v) is 6.03. The van der Waals surface area contributed by atoms with Crippen LogP contribution in [-0.2, 0) is 11.2 Å². The first kappa shape index (κ1) is 11.7. The highest BCUT2D eigenvalue weighted by atomic mass is 79.9. The predicted molar refractivity (Wildman–Crippen MR) is 61.8 cm³/mol. The van der Waals surface area contributed by atoms with Crippen molar-refractivity contribution in [2.75, 3.05) is 6.54 Å². The Morgan fingerprint density at radius 1 is 1.71 bits per heavy atom. The average molecular weight is 277 g/mol. The van der Waals surface area contributed by atoms with Gasteiger partial charge in [-0.1, -0.05) is 15.9 Å². The van der Waals surface area contributed by atoms with E-state index in [1.54, 1.807) is 17.5 Å². The minimum atomic E-state index is -0.490. The van der Waals surface area contributed by atoms with Gasteiger partial charge in [0.1, 0.15) is 0 Å². The predicted octanol–water partition coefficient (Wildman–Crippen LogP) is 1.98. The van der Waals surface area contributed by atoms with Crippen molar-refractivity contribution in [1.82, 2.24) is 10.3 Å². The van der Waals surface area contributed by atoms with Crippen molar-refractivity contribution in [2.45, 2.75) is 24.6 Å². The van der Waals surface area contributed by atoms with Gasteiger partial charge in [0.25, 0.3) is 0 Å². The smallest absolute Gasteiger partial charge is 0.236 e. The minimum absolute atomic E-state index is 0.00839. The number of halogens is 1. The van der Waals surface area contributed by atoms with Gasteiger partial charge < -0.3 is 5.32 Å². The van der Waals surface area contributed by atoms with E-state index >= 15 is 0 Å². The van der Waals surface area contributed by atoms with Crippen LogP contribution in [0.25, 0.3) is 0 Å². The Labute approximate surface area is 96.1 Å². The molecule has 0 atom stereocenters. The monoisotopic (exact) mass is 276 g/mol. The molecule has 0 bridgehead atoms. The summed E-state index contributed by atoms with van der Waals surface area (Å²) < 4.78 is -0.490. The number of amides is 1. The van der Waals surface area contributed by atoms with Crippen LogP contribution in [0.5, 0.6) is 0 Å². The van der Waals surface area contributed by atoms with Crippen molar-refractivity contribution < 1.29 is 4.79 Å². The number of nitrogens with one attached hydrogen (secondary N) is 1. The topological polar surface area (TPSA) is 42.0 Å². The first-order chi connectivity index (χ1) is 6.50. The normalized spacial score (nSPS) is 11.4. The molecule has 1 N–H and O–H groups in total. The van der Waals surface area contributed by atoms with E-state index in [2.05, 4.69) is 26.2 Å². The summed E-state index contributed by atoms with van der Waals surface area (Å²) in [6.07, 6.45) is 2.57. The Balaban J connectivity index is 2.26. The zero-order valence-electron chi connectivity index (χ0n) is 8.21. The van der Waals surface area contributed by atoms with Gasteiger partial charge in [-0.3, -0.25) is 4.79 Å². The maximum Gasteiger partial charge on any atom is 0.236 e. The molecule has 5 heteroatoms. The zero-order chi connectivity index (χ0) is 10.6. The fourth-order valence-electron chi connectivity index (χ4n) is 0.870. The lowest BCUT2D eigenvalue weighted by molar-refractivity contribution is -0.122. The van der Waals surface area contributed by atoms with E-state index in [1.165, 1.54) is 0 Å². The summed E-state index contributed by atoms with van der Waals surface area (Å²) in [7, 11) is 0. The highest BCUT2D eigenvalue weighted by Crippen LogP contribution is 2.15. The number of carbonyl (C=O) groups excluding carboxylic acids is 1. The van der Waals surface area contributed by atoms with Crippen molar-refractivity contribution >= 4 is 33.2 Å². The van der Waals surface area contributed by atoms with Crippen LogP contribution >= 0.6 is 27.3 Å². The maximum absolute atomic E-state index is 11.4. The van der Waals surface area contributed by atoms with E-state index in [-0.39, 0.29) is 5.91 Å². The van der Waals surface area contributed by atoms with E-state index in [0.29, 0.717) is 6.54 Å². The van der Waals surface area contributed by atoms with Crippen molar-refractivity contribution in [2.24, 2.45) is 0 Å². The second-order valence-corrected chi connectivity index (χ2v) is 6.37. The van der Waals surface area contributed by atoms with Gasteiger partial charge in [0.15, 0.2) is 0 Å². The number of alkyl halides is 1. The summed E-state index contributed by atoms with van der Waals surface area (Å²) >= 11 is 4.91. The lowest BCUT2D eigenvalue weighted by Crippen LogP contribution is -2.38. The van der Waals surface area contributed by atoms with Gasteiger partial charge in [-0.05, 0) is 13.8 Å². The summed E-state index contributed by atoms with van der Waals surface area (Å²) in [6.45, 7) is 4.29. The van der Waals surface area contributed by atoms with Crippen molar-refractivity contribution in [3.8, 4) is 0 Å². The Bertz CT molecular complexity index is 292. The molecule has 14 heavy (non-hydrogen) atoms. The Morgan fingerprint density at radius 3 is 2.93 bits per heavy atom. The van der Waals surface area contributed by atoms with Crippen LogP contribution in [0.1, 0.15) is 18.9 Å². The van der Waals surface area contributed by atoms with Crippen molar-refractivity contribution in [1.29, 1.82) is 0 Å². The molecule has 1 aromatic heterocycles. The Morgan fingerprint density at radius 2 is 2.43 bits per heavy atom. The molecule has 0 fully saturated rings. The summed E-state index contributed by atoms with van der Waals surface area (Å²) in [5.74, 6) is 0.00839. The third-order valence-electron chi connectivity index (χ3n) is 1.65. The molecular weight excluding hydrogens is 264 g/mol. The zero-order valence-corrected chi connectivity index (χ0v) is 10.6. The van der Waals surface area contributed by atoms with E-state index in [4.69, 9.17) is 0 Å². The molecule has 0 aliphatic carbocycles. The Hall–Kier alpha value is -0.420. The van der Waals surface area contributed by atoms with E-state index < -0.39 is 4.32 Å². The number of hydrogen-bond acceptors (Lipinski definition) is 3. The summed E-state index contributed by atoms with van der Waals surface area (Å²) in [5, 5.41) is 5.83. The molecule has 0 saturated carbocycles. The minimum Gasteiger partial charge on any atom is -0.354 e. The molecule has 0 aliphatic heterocycles. The van der Waals surface area contributed by atoms with E-state index in [0.717, 1.165) is 11.4 Å². The standard InChI is InChI=1S/C9H13BrN2OS/c1-9(2,10)8(13)12-4-3-7-11-5-6-14-7/h5-6H,3-4H2,1-2H3,(H,12,13). The summed E-state index contributed by atoms with van der Waals surface area (Å²) in [6, 6.07) is 0. The number of thiazole rings is 1. The van der Waals surface area contributed by atoms with Gasteiger partial charge in [-0.2, -0.15) is 0 Å². The molecule has 1 aromatic rings. The van der Waals surface area contributed by atoms with Gasteiger partial charge in [-0.25, -0.2) is 4.98 Å². The highest BCUT2D eigenvalue weighted by molar-refractivity contribution is 9.10. The molecule has 0 aliphatic rings. The van der Waals surface area contributed by atoms with Crippen LogP contribution in [0.4, 0.5) is 0 Å². The lowest BCUT2D eigenvalue weighted by Gasteiger charge is -2.15. The molecule has 1 amide bonds. The second kappa shape index (κ2) is 4.89. The van der Waals surface area contributed by atoms with Gasteiger partial charge in [0.05, 0.1) is 9.33 Å². The molecule has 1 heterocycles. The molecule has 0 radical (unpaired) electrons. The van der Waals surface area contributed by atoms with Gasteiger partial charge in [-0.15, -0.1) is 11.3 Å². The molecule has 0 spiro atoms. The average Bonchev–Trinajstić information content (AvgIpc) is 2.55. The number of rotatable bonds is 4. The fourth-order valence-corrected chi connectivity index (χ4v) is 1.63. The van der Waals surface area contributed by atoms with E-state index in [1.807, 2.05) is 19.2 Å². The fraction of sp³-hybridized carbons (Fsp3) is 0.556. The van der Waals surface area contributed by atoms with Crippen molar-refractivity contribution in [3.63, 3.8) is 0 Å². The highest BCUT2D eigenvalue weighted by Gasteiger charge is 2.22. The number of carbonyl (C=O) groups is 1. The molecular formula is C9H13BrN2OS. The molecule has 1 rings (SSSR count). The van der Waals surface area contributed by atoms with Crippen molar-refractivity contribution in [3.05, 3.63) is 16.6 Å². The maximum atomic E-state index is 11.4. The van der Waals surface area contributed by atoms with Gasteiger partial charge in [0, 0.05) is 24.5 Å². The first-order valence-electron chi connectivity index (χ1n) is 4.36. The summed E-state index contributed by atoms with van der Waals surface area (Å²) in [4.78, 5) is 15.5. The van der Waals surface area contributed by atoms with Crippen LogP contribution in [0.15, 0.2) is 11.6 Å². The molecule has 3 nitrogen and oxygen atoms in total. The van der Waals surface area contributed by atoms with Crippen LogP contribution < -0.4 is 5.32 Å². The third-order valence-corrected chi connectivity index (χ3v) is 2.85. The van der Waals surface area contributed by atoms with Crippen LogP contribution in [0.3, 0.4) is 0 Å². The third kappa shape index (κ3) is 3.75.